The Hall–Kier alpha value is -4.06. The quantitative estimate of drug-likeness (QED) is 0.244. The van der Waals surface area contributed by atoms with Crippen molar-refractivity contribution in [2.75, 3.05) is 32.2 Å². The van der Waals surface area contributed by atoms with Gasteiger partial charge in [0.05, 0.1) is 30.7 Å². The van der Waals surface area contributed by atoms with Gasteiger partial charge in [0.15, 0.2) is 0 Å². The van der Waals surface area contributed by atoms with E-state index < -0.39 is 0 Å². The normalized spacial score (nSPS) is 14.4. The van der Waals surface area contributed by atoms with Crippen molar-refractivity contribution in [1.82, 2.24) is 9.88 Å². The van der Waals surface area contributed by atoms with E-state index >= 15 is 0 Å². The Balaban J connectivity index is 1.57. The van der Waals surface area contributed by atoms with Crippen LogP contribution in [-0.2, 0) is 11.2 Å². The molecule has 0 radical (unpaired) electrons. The standard InChI is InChI=1S/C33H39N3O3/c1-6-8-9-19-36(24(3)31-21-26(16-18-34-31)33(37)38-5)23-27-17-20-39-32-22-29(14-15-30(27)32)35(4)28-12-10-25(7-2)11-13-28/h9-16,18-19,21-22,27H,3,6-8,17,20,23H2,1-2,4-5H3/b19-9-. The molecule has 0 saturated heterocycles. The minimum Gasteiger partial charge on any atom is -0.493 e. The van der Waals surface area contributed by atoms with Crippen LogP contribution in [0.4, 0.5) is 11.4 Å². The molecule has 2 heterocycles. The Morgan fingerprint density at radius 2 is 1.90 bits per heavy atom. The topological polar surface area (TPSA) is 54.9 Å². The fourth-order valence-electron chi connectivity index (χ4n) is 4.80. The van der Waals surface area contributed by atoms with Crippen LogP contribution >= 0.6 is 0 Å². The first kappa shape index (κ1) is 28.0. The number of fused-ring (bicyclic) bond motifs is 1. The molecule has 0 amide bonds. The lowest BCUT2D eigenvalue weighted by Gasteiger charge is -2.32. The van der Waals surface area contributed by atoms with Crippen LogP contribution in [0, 0.1) is 0 Å². The first-order valence-corrected chi connectivity index (χ1v) is 13.7. The van der Waals surface area contributed by atoms with Gasteiger partial charge in [0, 0.05) is 49.3 Å². The monoisotopic (exact) mass is 525 g/mol. The van der Waals surface area contributed by atoms with Crippen molar-refractivity contribution < 1.29 is 14.3 Å². The lowest BCUT2D eigenvalue weighted by atomic mass is 9.92. The number of esters is 1. The van der Waals surface area contributed by atoms with Crippen LogP contribution in [0.15, 0.2) is 79.6 Å². The van der Waals surface area contributed by atoms with Crippen molar-refractivity contribution in [3.8, 4) is 5.75 Å². The van der Waals surface area contributed by atoms with E-state index in [1.165, 1.54) is 18.2 Å². The minimum absolute atomic E-state index is 0.253. The summed E-state index contributed by atoms with van der Waals surface area (Å²) in [5, 5.41) is 0. The van der Waals surface area contributed by atoms with Gasteiger partial charge in [-0.25, -0.2) is 4.79 Å². The first-order valence-electron chi connectivity index (χ1n) is 13.7. The molecule has 0 spiro atoms. The number of methoxy groups -OCH3 is 1. The number of nitrogens with zero attached hydrogens (tertiary/aromatic N) is 3. The second-order valence-corrected chi connectivity index (χ2v) is 9.83. The number of aryl methyl sites for hydroxylation is 1. The van der Waals surface area contributed by atoms with Crippen molar-refractivity contribution in [2.24, 2.45) is 0 Å². The summed E-state index contributed by atoms with van der Waals surface area (Å²) in [6.45, 7) is 10.1. The Morgan fingerprint density at radius 1 is 1.13 bits per heavy atom. The van der Waals surface area contributed by atoms with E-state index in [1.807, 2.05) is 0 Å². The zero-order valence-corrected chi connectivity index (χ0v) is 23.5. The predicted octanol–water partition coefficient (Wildman–Crippen LogP) is 7.35. The molecule has 0 N–H and O–H groups in total. The zero-order valence-electron chi connectivity index (χ0n) is 23.5. The molecule has 6 heteroatoms. The third-order valence-electron chi connectivity index (χ3n) is 7.26. The van der Waals surface area contributed by atoms with E-state index in [1.54, 1.807) is 18.3 Å². The van der Waals surface area contributed by atoms with Crippen LogP contribution in [-0.4, -0.2) is 43.2 Å². The van der Waals surface area contributed by atoms with Gasteiger partial charge in [-0.15, -0.1) is 0 Å². The van der Waals surface area contributed by atoms with E-state index in [2.05, 4.69) is 97.0 Å². The van der Waals surface area contributed by atoms with Crippen LogP contribution < -0.4 is 9.64 Å². The smallest absolute Gasteiger partial charge is 0.337 e. The maximum atomic E-state index is 12.1. The third-order valence-corrected chi connectivity index (χ3v) is 7.26. The maximum Gasteiger partial charge on any atom is 0.337 e. The van der Waals surface area contributed by atoms with Crippen molar-refractivity contribution in [3.63, 3.8) is 0 Å². The maximum absolute atomic E-state index is 12.1. The molecular formula is C33H39N3O3. The number of rotatable bonds is 11. The summed E-state index contributed by atoms with van der Waals surface area (Å²) in [5.41, 5.74) is 6.60. The number of carbonyl (C=O) groups excluding carboxylic acids is 1. The molecule has 0 fully saturated rings. The number of unbranched alkanes of at least 4 members (excludes halogenated alkanes) is 1. The number of aromatic nitrogens is 1. The predicted molar refractivity (Wildman–Crippen MR) is 159 cm³/mol. The summed E-state index contributed by atoms with van der Waals surface area (Å²) < 4.78 is 11.0. The molecular weight excluding hydrogens is 486 g/mol. The van der Waals surface area contributed by atoms with Gasteiger partial charge in [-0.1, -0.05) is 51.1 Å². The molecule has 1 unspecified atom stereocenters. The summed E-state index contributed by atoms with van der Waals surface area (Å²) in [7, 11) is 3.47. The van der Waals surface area contributed by atoms with Crippen molar-refractivity contribution in [3.05, 3.63) is 102 Å². The summed E-state index contributed by atoms with van der Waals surface area (Å²) in [6.07, 6.45) is 9.85. The van der Waals surface area contributed by atoms with Gasteiger partial charge >= 0.3 is 5.97 Å². The second kappa shape index (κ2) is 13.1. The highest BCUT2D eigenvalue weighted by molar-refractivity contribution is 5.90. The largest absolute Gasteiger partial charge is 0.493 e. The van der Waals surface area contributed by atoms with E-state index in [9.17, 15) is 4.79 Å². The Bertz CT molecular complexity index is 1320. The summed E-state index contributed by atoms with van der Waals surface area (Å²) in [6, 6.07) is 18.6. The van der Waals surface area contributed by atoms with Gasteiger partial charge in [0.2, 0.25) is 0 Å². The summed E-state index contributed by atoms with van der Waals surface area (Å²) in [5.74, 6) is 0.790. The zero-order chi connectivity index (χ0) is 27.8. The highest BCUT2D eigenvalue weighted by Crippen LogP contribution is 2.39. The average Bonchev–Trinajstić information content (AvgIpc) is 2.99. The van der Waals surface area contributed by atoms with E-state index in [0.29, 0.717) is 17.9 Å². The molecule has 1 aliphatic heterocycles. The Labute approximate surface area is 232 Å². The van der Waals surface area contributed by atoms with Crippen LogP contribution in [0.2, 0.25) is 0 Å². The molecule has 0 bridgehead atoms. The van der Waals surface area contributed by atoms with Crippen LogP contribution in [0.1, 0.15) is 66.2 Å². The number of hydrogen-bond donors (Lipinski definition) is 0. The summed E-state index contributed by atoms with van der Waals surface area (Å²) >= 11 is 0. The SMILES string of the molecule is C=C(c1cc(C(=O)OC)ccn1)N(/C=C\CCC)CC1CCOc2cc(N(C)c3ccc(CC)cc3)ccc21. The van der Waals surface area contributed by atoms with Crippen molar-refractivity contribution >= 4 is 23.0 Å². The number of allylic oxidation sites excluding steroid dienone is 1. The van der Waals surface area contributed by atoms with Crippen molar-refractivity contribution in [2.45, 2.75) is 45.4 Å². The molecule has 6 nitrogen and oxygen atoms in total. The molecule has 1 aromatic heterocycles. The number of ether oxygens (including phenoxy) is 2. The van der Waals surface area contributed by atoms with Gasteiger partial charge < -0.3 is 19.3 Å². The Morgan fingerprint density at radius 3 is 2.62 bits per heavy atom. The molecule has 4 rings (SSSR count). The van der Waals surface area contributed by atoms with Gasteiger partial charge in [-0.3, -0.25) is 4.98 Å². The van der Waals surface area contributed by atoms with Crippen LogP contribution in [0.5, 0.6) is 5.75 Å². The fraction of sp³-hybridized carbons (Fsp3) is 0.333. The van der Waals surface area contributed by atoms with Gasteiger partial charge in [-0.2, -0.15) is 0 Å². The molecule has 3 aromatic rings. The highest BCUT2D eigenvalue weighted by atomic mass is 16.5. The summed E-state index contributed by atoms with van der Waals surface area (Å²) in [4.78, 5) is 20.9. The number of benzene rings is 2. The molecule has 0 saturated carbocycles. The molecule has 204 valence electrons. The fourth-order valence-corrected chi connectivity index (χ4v) is 4.80. The lowest BCUT2D eigenvalue weighted by Crippen LogP contribution is -2.27. The van der Waals surface area contributed by atoms with Crippen LogP contribution in [0.3, 0.4) is 0 Å². The number of pyridine rings is 1. The molecule has 1 aliphatic rings. The van der Waals surface area contributed by atoms with E-state index in [-0.39, 0.29) is 11.9 Å². The number of carbonyl (C=O) groups is 1. The number of hydrogen-bond acceptors (Lipinski definition) is 6. The first-order chi connectivity index (χ1) is 18.9. The lowest BCUT2D eigenvalue weighted by molar-refractivity contribution is 0.0600. The molecule has 39 heavy (non-hydrogen) atoms. The second-order valence-electron chi connectivity index (χ2n) is 9.83. The minimum atomic E-state index is -0.389. The van der Waals surface area contributed by atoms with Gasteiger partial charge in [0.25, 0.3) is 0 Å². The average molecular weight is 526 g/mol. The third kappa shape index (κ3) is 6.69. The van der Waals surface area contributed by atoms with E-state index in [4.69, 9.17) is 9.47 Å². The van der Waals surface area contributed by atoms with Gasteiger partial charge in [-0.05, 0) is 60.7 Å². The molecule has 1 atom stereocenters. The molecule has 2 aromatic carbocycles. The van der Waals surface area contributed by atoms with Gasteiger partial charge in [0.1, 0.15) is 5.75 Å². The van der Waals surface area contributed by atoms with Crippen LogP contribution in [0.25, 0.3) is 5.70 Å². The Kier molecular flexibility index (Phi) is 9.42. The molecule has 0 aliphatic carbocycles. The van der Waals surface area contributed by atoms with Crippen molar-refractivity contribution in [1.29, 1.82) is 0 Å². The number of anilines is 2. The van der Waals surface area contributed by atoms with E-state index in [0.717, 1.165) is 55.0 Å². The highest BCUT2D eigenvalue weighted by Gasteiger charge is 2.25.